The van der Waals surface area contributed by atoms with Crippen LogP contribution < -0.4 is 5.73 Å². The molecule has 0 fully saturated rings. The lowest BCUT2D eigenvalue weighted by atomic mass is 10.1. The lowest BCUT2D eigenvalue weighted by Gasteiger charge is -2.09. The monoisotopic (exact) mass is 277 g/mol. The van der Waals surface area contributed by atoms with Gasteiger partial charge < -0.3 is 5.73 Å². The predicted molar refractivity (Wildman–Crippen MR) is 81.5 cm³/mol. The fraction of sp³-hybridized carbons (Fsp3) is 0.533. The summed E-state index contributed by atoms with van der Waals surface area (Å²) in [7, 11) is 0. The zero-order valence-electron chi connectivity index (χ0n) is 11.7. The highest BCUT2D eigenvalue weighted by molar-refractivity contribution is 7.09. The maximum Gasteiger partial charge on any atom is 0.0640 e. The predicted octanol–water partition coefficient (Wildman–Crippen LogP) is 3.42. The zero-order chi connectivity index (χ0) is 13.7. The van der Waals surface area contributed by atoms with Gasteiger partial charge in [-0.3, -0.25) is 4.68 Å². The second kappa shape index (κ2) is 6.87. The highest BCUT2D eigenvalue weighted by Crippen LogP contribution is 2.13. The molecule has 0 aromatic carbocycles. The van der Waals surface area contributed by atoms with Crippen molar-refractivity contribution in [3.8, 4) is 0 Å². The summed E-state index contributed by atoms with van der Waals surface area (Å²) in [5.41, 5.74) is 7.29. The highest BCUT2D eigenvalue weighted by Gasteiger charge is 2.08. The van der Waals surface area contributed by atoms with E-state index < -0.39 is 0 Å². The van der Waals surface area contributed by atoms with Gasteiger partial charge in [-0.15, -0.1) is 11.3 Å². The van der Waals surface area contributed by atoms with Gasteiger partial charge in [-0.25, -0.2) is 0 Å². The molecule has 2 N–H and O–H groups in total. The summed E-state index contributed by atoms with van der Waals surface area (Å²) in [5.74, 6) is 0. The smallest absolute Gasteiger partial charge is 0.0640 e. The molecule has 1 atom stereocenters. The largest absolute Gasteiger partial charge is 0.327 e. The number of nitrogens with two attached hydrogens (primary N) is 1. The van der Waals surface area contributed by atoms with Gasteiger partial charge in [-0.2, -0.15) is 5.10 Å². The molecule has 0 bridgehead atoms. The van der Waals surface area contributed by atoms with E-state index in [4.69, 9.17) is 5.73 Å². The van der Waals surface area contributed by atoms with E-state index in [2.05, 4.69) is 42.5 Å². The van der Waals surface area contributed by atoms with Crippen LogP contribution in [0, 0.1) is 0 Å². The van der Waals surface area contributed by atoms with E-state index in [1.807, 2.05) is 22.2 Å². The second-order valence-corrected chi connectivity index (χ2v) is 6.35. The molecule has 2 heterocycles. The van der Waals surface area contributed by atoms with Crippen molar-refractivity contribution in [2.75, 3.05) is 0 Å². The Morgan fingerprint density at radius 1 is 1.37 bits per heavy atom. The molecule has 19 heavy (non-hydrogen) atoms. The van der Waals surface area contributed by atoms with Crippen LogP contribution in [0.2, 0.25) is 0 Å². The topological polar surface area (TPSA) is 43.8 Å². The van der Waals surface area contributed by atoms with Crippen LogP contribution in [0.5, 0.6) is 0 Å². The summed E-state index contributed by atoms with van der Waals surface area (Å²) in [6.07, 6.45) is 6.29. The van der Waals surface area contributed by atoms with Gasteiger partial charge in [0.2, 0.25) is 0 Å². The maximum absolute atomic E-state index is 6.18. The molecular formula is C15H23N3S. The van der Waals surface area contributed by atoms with Crippen molar-refractivity contribution < 1.29 is 0 Å². The second-order valence-electron chi connectivity index (χ2n) is 5.32. The first kappa shape index (κ1) is 14.3. The Balaban J connectivity index is 1.72. The maximum atomic E-state index is 6.18. The third-order valence-corrected chi connectivity index (χ3v) is 4.18. The average Bonchev–Trinajstić information content (AvgIpc) is 3.00. The molecule has 0 saturated heterocycles. The van der Waals surface area contributed by atoms with Crippen molar-refractivity contribution in [1.29, 1.82) is 0 Å². The third kappa shape index (κ3) is 4.48. The molecule has 0 aliphatic heterocycles. The molecule has 2 aromatic heterocycles. The first-order valence-corrected chi connectivity index (χ1v) is 7.85. The van der Waals surface area contributed by atoms with E-state index in [9.17, 15) is 0 Å². The van der Waals surface area contributed by atoms with E-state index in [1.165, 1.54) is 4.88 Å². The SMILES string of the molecule is CC(C)n1ccc(CC(N)CCCc2cccs2)n1. The van der Waals surface area contributed by atoms with E-state index in [0.29, 0.717) is 6.04 Å². The van der Waals surface area contributed by atoms with Crippen LogP contribution in [0.1, 0.15) is 43.3 Å². The molecule has 1 unspecified atom stereocenters. The van der Waals surface area contributed by atoms with Gasteiger partial charge >= 0.3 is 0 Å². The fourth-order valence-corrected chi connectivity index (χ4v) is 2.89. The Labute approximate surface area is 119 Å². The molecule has 0 aliphatic carbocycles. The molecule has 0 radical (unpaired) electrons. The first-order valence-electron chi connectivity index (χ1n) is 6.97. The van der Waals surface area contributed by atoms with Crippen molar-refractivity contribution in [2.24, 2.45) is 5.73 Å². The van der Waals surface area contributed by atoms with Crippen LogP contribution in [-0.4, -0.2) is 15.8 Å². The molecule has 0 saturated carbocycles. The van der Waals surface area contributed by atoms with Gasteiger partial charge in [-0.05, 0) is 50.6 Å². The van der Waals surface area contributed by atoms with Crippen LogP contribution in [0.25, 0.3) is 0 Å². The molecule has 0 spiro atoms. The molecule has 3 nitrogen and oxygen atoms in total. The van der Waals surface area contributed by atoms with Crippen molar-refractivity contribution in [2.45, 2.75) is 51.6 Å². The molecule has 0 amide bonds. The lowest BCUT2D eigenvalue weighted by molar-refractivity contribution is 0.515. The Morgan fingerprint density at radius 3 is 2.84 bits per heavy atom. The number of nitrogens with zero attached hydrogens (tertiary/aromatic N) is 2. The van der Waals surface area contributed by atoms with Crippen LogP contribution in [-0.2, 0) is 12.8 Å². The lowest BCUT2D eigenvalue weighted by Crippen LogP contribution is -2.23. The zero-order valence-corrected chi connectivity index (χ0v) is 12.6. The van der Waals surface area contributed by atoms with Crippen LogP contribution >= 0.6 is 11.3 Å². The van der Waals surface area contributed by atoms with Crippen LogP contribution in [0.15, 0.2) is 29.8 Å². The number of aryl methyl sites for hydroxylation is 1. The quantitative estimate of drug-likeness (QED) is 0.842. The van der Waals surface area contributed by atoms with E-state index in [-0.39, 0.29) is 6.04 Å². The fourth-order valence-electron chi connectivity index (χ4n) is 2.14. The van der Waals surface area contributed by atoms with Gasteiger partial charge in [0, 0.05) is 29.6 Å². The van der Waals surface area contributed by atoms with Crippen molar-refractivity contribution in [3.63, 3.8) is 0 Å². The van der Waals surface area contributed by atoms with Crippen molar-refractivity contribution >= 4 is 11.3 Å². The number of hydrogen-bond donors (Lipinski definition) is 1. The van der Waals surface area contributed by atoms with Gasteiger partial charge in [0.25, 0.3) is 0 Å². The van der Waals surface area contributed by atoms with Gasteiger partial charge in [-0.1, -0.05) is 6.07 Å². The van der Waals surface area contributed by atoms with Crippen LogP contribution in [0.3, 0.4) is 0 Å². The number of aromatic nitrogens is 2. The Kier molecular flexibility index (Phi) is 5.16. The van der Waals surface area contributed by atoms with Gasteiger partial charge in [0.05, 0.1) is 5.69 Å². The number of thiophene rings is 1. The minimum atomic E-state index is 0.218. The minimum Gasteiger partial charge on any atom is -0.327 e. The Bertz CT molecular complexity index is 473. The molecule has 2 rings (SSSR count). The highest BCUT2D eigenvalue weighted by atomic mass is 32.1. The molecule has 4 heteroatoms. The van der Waals surface area contributed by atoms with Gasteiger partial charge in [0.1, 0.15) is 0 Å². The van der Waals surface area contributed by atoms with E-state index >= 15 is 0 Å². The molecule has 0 aliphatic rings. The summed E-state index contributed by atoms with van der Waals surface area (Å²) in [5, 5.41) is 6.68. The van der Waals surface area contributed by atoms with Gasteiger partial charge in [0.15, 0.2) is 0 Å². The number of rotatable bonds is 7. The van der Waals surface area contributed by atoms with E-state index in [0.717, 1.165) is 31.4 Å². The van der Waals surface area contributed by atoms with Crippen LogP contribution in [0.4, 0.5) is 0 Å². The molecule has 104 valence electrons. The van der Waals surface area contributed by atoms with Crippen molar-refractivity contribution in [3.05, 3.63) is 40.3 Å². The average molecular weight is 277 g/mol. The standard InChI is InChI=1S/C15H23N3S/c1-12(2)18-9-8-14(17-18)11-13(16)5-3-6-15-7-4-10-19-15/h4,7-10,12-13H,3,5-6,11,16H2,1-2H3. The van der Waals surface area contributed by atoms with Crippen molar-refractivity contribution in [1.82, 2.24) is 9.78 Å². The summed E-state index contributed by atoms with van der Waals surface area (Å²) in [6, 6.07) is 7.03. The summed E-state index contributed by atoms with van der Waals surface area (Å²) in [4.78, 5) is 1.45. The first-order chi connectivity index (χ1) is 9.15. The third-order valence-electron chi connectivity index (χ3n) is 3.24. The van der Waals surface area contributed by atoms with E-state index in [1.54, 1.807) is 0 Å². The molecular weight excluding hydrogens is 254 g/mol. The minimum absolute atomic E-state index is 0.218. The number of hydrogen-bond acceptors (Lipinski definition) is 3. The Hall–Kier alpha value is -1.13. The Morgan fingerprint density at radius 2 is 2.21 bits per heavy atom. The molecule has 2 aromatic rings. The summed E-state index contributed by atoms with van der Waals surface area (Å²) in [6.45, 7) is 4.27. The summed E-state index contributed by atoms with van der Waals surface area (Å²) < 4.78 is 1.99. The normalized spacial score (nSPS) is 13.1. The summed E-state index contributed by atoms with van der Waals surface area (Å²) >= 11 is 1.83.